The average Bonchev–Trinajstić information content (AvgIpc) is 2.12. The van der Waals surface area contributed by atoms with E-state index in [4.69, 9.17) is 15.2 Å². The molecule has 0 aliphatic rings. The van der Waals surface area contributed by atoms with Crippen LogP contribution in [0.15, 0.2) is 0 Å². The van der Waals surface area contributed by atoms with E-state index in [9.17, 15) is 9.59 Å². The molecule has 2 N–H and O–H groups in total. The minimum absolute atomic E-state index is 0.0942. The summed E-state index contributed by atoms with van der Waals surface area (Å²) < 4.78 is 9.81. The maximum Gasteiger partial charge on any atom is 0.303 e. The molecular weight excluding hydrogens is 230 g/mol. The highest BCUT2D eigenvalue weighted by Gasteiger charge is 2.14. The molecule has 0 fully saturated rings. The van der Waals surface area contributed by atoms with Gasteiger partial charge in [-0.25, -0.2) is 0 Å². The number of thioether (sulfide) groups is 1. The molecule has 0 aromatic heterocycles. The van der Waals surface area contributed by atoms with Gasteiger partial charge in [0.2, 0.25) is 0 Å². The molecule has 94 valence electrons. The SMILES string of the molecule is CC(=O)OCC(CSCC(C)N)OC(C)=O. The topological polar surface area (TPSA) is 78.6 Å². The van der Waals surface area contributed by atoms with Crippen LogP contribution in [0.2, 0.25) is 0 Å². The molecule has 0 amide bonds. The van der Waals surface area contributed by atoms with Gasteiger partial charge in [-0.05, 0) is 6.92 Å². The molecule has 0 aromatic carbocycles. The molecule has 0 saturated heterocycles. The fourth-order valence-electron chi connectivity index (χ4n) is 0.947. The number of nitrogens with two attached hydrogens (primary N) is 1. The Morgan fingerprint density at radius 1 is 1.25 bits per heavy atom. The van der Waals surface area contributed by atoms with Gasteiger partial charge in [-0.15, -0.1) is 0 Å². The van der Waals surface area contributed by atoms with Gasteiger partial charge in [-0.1, -0.05) is 0 Å². The summed E-state index contributed by atoms with van der Waals surface area (Å²) in [6.07, 6.45) is -0.398. The molecule has 0 heterocycles. The fraction of sp³-hybridized carbons (Fsp3) is 0.800. The summed E-state index contributed by atoms with van der Waals surface area (Å²) in [5, 5.41) is 0. The zero-order valence-corrected chi connectivity index (χ0v) is 10.7. The second kappa shape index (κ2) is 8.41. The average molecular weight is 249 g/mol. The predicted molar refractivity (Wildman–Crippen MR) is 63.2 cm³/mol. The van der Waals surface area contributed by atoms with Crippen molar-refractivity contribution in [3.8, 4) is 0 Å². The van der Waals surface area contributed by atoms with Crippen LogP contribution in [0.25, 0.3) is 0 Å². The Kier molecular flexibility index (Phi) is 8.01. The van der Waals surface area contributed by atoms with Crippen molar-refractivity contribution in [2.75, 3.05) is 18.1 Å². The molecule has 0 rings (SSSR count). The summed E-state index contributed by atoms with van der Waals surface area (Å²) in [4.78, 5) is 21.4. The van der Waals surface area contributed by atoms with Crippen molar-refractivity contribution in [2.45, 2.75) is 32.9 Å². The maximum atomic E-state index is 10.8. The lowest BCUT2D eigenvalue weighted by Gasteiger charge is -2.16. The molecule has 0 aliphatic heterocycles. The molecule has 0 aliphatic carbocycles. The summed E-state index contributed by atoms with van der Waals surface area (Å²) in [6, 6.07) is 0.0942. The Hall–Kier alpha value is -0.750. The van der Waals surface area contributed by atoms with Crippen LogP contribution < -0.4 is 5.73 Å². The van der Waals surface area contributed by atoms with E-state index in [1.165, 1.54) is 13.8 Å². The van der Waals surface area contributed by atoms with Gasteiger partial charge in [0.15, 0.2) is 0 Å². The van der Waals surface area contributed by atoms with Crippen molar-refractivity contribution in [3.05, 3.63) is 0 Å². The summed E-state index contributed by atoms with van der Waals surface area (Å²) in [6.45, 7) is 4.65. The largest absolute Gasteiger partial charge is 0.462 e. The maximum absolute atomic E-state index is 10.8. The lowest BCUT2D eigenvalue weighted by molar-refractivity contribution is -0.154. The number of carbonyl (C=O) groups is 2. The Balaban J connectivity index is 3.89. The van der Waals surface area contributed by atoms with Crippen LogP contribution in [0.1, 0.15) is 20.8 Å². The van der Waals surface area contributed by atoms with E-state index in [1.807, 2.05) is 6.92 Å². The van der Waals surface area contributed by atoms with Gasteiger partial charge in [0.05, 0.1) is 0 Å². The Morgan fingerprint density at radius 3 is 2.31 bits per heavy atom. The minimum Gasteiger partial charge on any atom is -0.462 e. The van der Waals surface area contributed by atoms with Crippen LogP contribution in [0.4, 0.5) is 0 Å². The third-order valence-corrected chi connectivity index (χ3v) is 2.86. The fourth-order valence-corrected chi connectivity index (χ4v) is 1.88. The number of esters is 2. The molecule has 6 heteroatoms. The number of ether oxygens (including phenoxy) is 2. The van der Waals surface area contributed by atoms with Crippen molar-refractivity contribution in [2.24, 2.45) is 5.73 Å². The summed E-state index contributed by atoms with van der Waals surface area (Å²) in [5.74, 6) is 0.597. The molecule has 0 bridgehead atoms. The predicted octanol–water partition coefficient (Wildman–Crippen LogP) is 0.562. The van der Waals surface area contributed by atoms with E-state index in [-0.39, 0.29) is 24.6 Å². The molecule has 0 saturated carbocycles. The molecule has 2 atom stereocenters. The second-order valence-corrected chi connectivity index (χ2v) is 4.62. The second-order valence-electron chi connectivity index (χ2n) is 3.55. The first-order valence-electron chi connectivity index (χ1n) is 5.05. The third kappa shape index (κ3) is 9.79. The van der Waals surface area contributed by atoms with E-state index in [0.29, 0.717) is 5.75 Å². The Labute approximate surface area is 100 Å². The normalized spacial score (nSPS) is 14.0. The highest BCUT2D eigenvalue weighted by atomic mass is 32.2. The van der Waals surface area contributed by atoms with E-state index >= 15 is 0 Å². The van der Waals surface area contributed by atoms with Crippen molar-refractivity contribution in [1.82, 2.24) is 0 Å². The minimum atomic E-state index is -0.398. The third-order valence-electron chi connectivity index (χ3n) is 1.49. The van der Waals surface area contributed by atoms with Gasteiger partial charge < -0.3 is 15.2 Å². The van der Waals surface area contributed by atoms with E-state index < -0.39 is 6.10 Å². The van der Waals surface area contributed by atoms with Crippen molar-refractivity contribution < 1.29 is 19.1 Å². The molecule has 5 nitrogen and oxygen atoms in total. The number of carbonyl (C=O) groups excluding carboxylic acids is 2. The van der Waals surface area contributed by atoms with Gasteiger partial charge in [-0.2, -0.15) is 11.8 Å². The van der Waals surface area contributed by atoms with Gasteiger partial charge in [-0.3, -0.25) is 9.59 Å². The molecule has 2 unspecified atom stereocenters. The summed E-state index contributed by atoms with van der Waals surface area (Å²) in [5.41, 5.74) is 5.59. The number of rotatable bonds is 7. The first kappa shape index (κ1) is 15.2. The lowest BCUT2D eigenvalue weighted by Crippen LogP contribution is -2.27. The van der Waals surface area contributed by atoms with Crippen LogP contribution in [0, 0.1) is 0 Å². The van der Waals surface area contributed by atoms with E-state index in [2.05, 4.69) is 0 Å². The zero-order chi connectivity index (χ0) is 12.6. The first-order valence-corrected chi connectivity index (χ1v) is 6.21. The Bertz CT molecular complexity index is 233. The smallest absolute Gasteiger partial charge is 0.303 e. The zero-order valence-electron chi connectivity index (χ0n) is 9.89. The number of hydrogen-bond donors (Lipinski definition) is 1. The molecular formula is C10H19NO4S. The van der Waals surface area contributed by atoms with Gasteiger partial charge in [0.25, 0.3) is 0 Å². The van der Waals surface area contributed by atoms with Gasteiger partial charge in [0, 0.05) is 31.4 Å². The summed E-state index contributed by atoms with van der Waals surface area (Å²) in [7, 11) is 0. The Morgan fingerprint density at radius 2 is 1.88 bits per heavy atom. The molecule has 0 spiro atoms. The van der Waals surface area contributed by atoms with Crippen LogP contribution in [-0.4, -0.2) is 42.2 Å². The van der Waals surface area contributed by atoms with Crippen LogP contribution in [0.3, 0.4) is 0 Å². The summed E-state index contributed by atoms with van der Waals surface area (Å²) >= 11 is 1.57. The van der Waals surface area contributed by atoms with Crippen LogP contribution >= 0.6 is 11.8 Å². The molecule has 16 heavy (non-hydrogen) atoms. The quantitative estimate of drug-likeness (QED) is 0.664. The lowest BCUT2D eigenvalue weighted by atomic mass is 10.4. The van der Waals surface area contributed by atoms with Crippen LogP contribution in [-0.2, 0) is 19.1 Å². The van der Waals surface area contributed by atoms with E-state index in [1.54, 1.807) is 11.8 Å². The monoisotopic (exact) mass is 249 g/mol. The van der Waals surface area contributed by atoms with Crippen molar-refractivity contribution >= 4 is 23.7 Å². The van der Waals surface area contributed by atoms with Crippen molar-refractivity contribution in [1.29, 1.82) is 0 Å². The molecule has 0 aromatic rings. The number of hydrogen-bond acceptors (Lipinski definition) is 6. The van der Waals surface area contributed by atoms with Gasteiger partial charge in [0.1, 0.15) is 12.7 Å². The first-order chi connectivity index (χ1) is 7.41. The van der Waals surface area contributed by atoms with Crippen LogP contribution in [0.5, 0.6) is 0 Å². The standard InChI is InChI=1S/C10H19NO4S/c1-7(11)5-16-6-10(15-9(3)13)4-14-8(2)12/h7,10H,4-6,11H2,1-3H3. The highest BCUT2D eigenvalue weighted by molar-refractivity contribution is 7.99. The molecule has 0 radical (unpaired) electrons. The van der Waals surface area contributed by atoms with Crippen molar-refractivity contribution in [3.63, 3.8) is 0 Å². The highest BCUT2D eigenvalue weighted by Crippen LogP contribution is 2.08. The van der Waals surface area contributed by atoms with Gasteiger partial charge >= 0.3 is 11.9 Å². The van der Waals surface area contributed by atoms with E-state index in [0.717, 1.165) is 5.75 Å².